The van der Waals surface area contributed by atoms with Gasteiger partial charge in [0.25, 0.3) is 5.91 Å². The number of fused-ring (bicyclic) bond motifs is 1. The average molecular weight is 476 g/mol. The molecule has 0 spiro atoms. The van der Waals surface area contributed by atoms with Crippen LogP contribution >= 0.6 is 0 Å². The van der Waals surface area contributed by atoms with Crippen molar-refractivity contribution in [2.24, 2.45) is 0 Å². The van der Waals surface area contributed by atoms with E-state index >= 15 is 0 Å². The van der Waals surface area contributed by atoms with Crippen molar-refractivity contribution in [3.8, 4) is 11.3 Å². The molecule has 9 nitrogen and oxygen atoms in total. The molecule has 2 amide bonds. The number of carbonyl (C=O) groups excluding carboxylic acids is 2. The Morgan fingerprint density at radius 3 is 2.54 bits per heavy atom. The minimum atomic E-state index is -0.0435. The lowest BCUT2D eigenvalue weighted by Gasteiger charge is -2.19. The number of anilines is 2. The highest BCUT2D eigenvalue weighted by Gasteiger charge is 2.26. The quantitative estimate of drug-likeness (QED) is 0.520. The highest BCUT2D eigenvalue weighted by Crippen LogP contribution is 2.32. The first-order valence-electron chi connectivity index (χ1n) is 11.8. The molecule has 4 rings (SSSR count). The van der Waals surface area contributed by atoms with Crippen LogP contribution < -0.4 is 10.6 Å². The molecule has 0 atom stereocenters. The van der Waals surface area contributed by atoms with Crippen molar-refractivity contribution in [1.82, 2.24) is 29.7 Å². The molecule has 1 aliphatic rings. The zero-order valence-corrected chi connectivity index (χ0v) is 21.1. The lowest BCUT2D eigenvalue weighted by Crippen LogP contribution is -2.35. The molecule has 1 aliphatic heterocycles. The van der Waals surface area contributed by atoms with Crippen molar-refractivity contribution >= 4 is 23.5 Å². The van der Waals surface area contributed by atoms with Crippen molar-refractivity contribution in [1.29, 1.82) is 0 Å². The van der Waals surface area contributed by atoms with Crippen LogP contribution in [0, 0.1) is 13.8 Å². The number of carbonyl (C=O) groups is 2. The van der Waals surface area contributed by atoms with Gasteiger partial charge in [-0.15, -0.1) is 0 Å². The number of aromatic nitrogens is 3. The fourth-order valence-electron chi connectivity index (χ4n) is 4.39. The van der Waals surface area contributed by atoms with E-state index in [0.29, 0.717) is 31.2 Å². The molecule has 0 fully saturated rings. The summed E-state index contributed by atoms with van der Waals surface area (Å²) in [6.07, 6.45) is 2.08. The Hall–Kier alpha value is -3.72. The van der Waals surface area contributed by atoms with Crippen LogP contribution in [0.1, 0.15) is 27.3 Å². The smallest absolute Gasteiger partial charge is 0.268 e. The topological polar surface area (TPSA) is 95.4 Å². The summed E-state index contributed by atoms with van der Waals surface area (Å²) < 4.78 is 2.07. The minimum absolute atomic E-state index is 0.0435. The number of likely N-dealkylation sites (N-methyl/N-ethyl adjacent to an activating group) is 2. The number of nitrogens with zero attached hydrogens (tertiary/aromatic N) is 5. The number of rotatable bonds is 8. The monoisotopic (exact) mass is 475 g/mol. The van der Waals surface area contributed by atoms with Gasteiger partial charge in [0.05, 0.1) is 12.1 Å². The SMILES string of the molecule is Cc1c(-c2ccnc(Nc3ccc(CC(=O)N(C)CCN(C)C)cc3)n2)c(C)n2c1C(=O)NCC2. The third kappa shape index (κ3) is 5.35. The highest BCUT2D eigenvalue weighted by molar-refractivity contribution is 5.97. The second-order valence-corrected chi connectivity index (χ2v) is 9.22. The Morgan fingerprint density at radius 1 is 1.11 bits per heavy atom. The standard InChI is InChI=1S/C26H33N7O2/c1-17-23(18(2)33-13-12-27-25(35)24(17)33)21-10-11-28-26(30-21)29-20-8-6-19(7-9-20)16-22(34)32(5)15-14-31(3)4/h6-11H,12-16H2,1-5H3,(H,27,35)(H,28,29,30). The van der Waals surface area contributed by atoms with Crippen LogP contribution in [0.25, 0.3) is 11.3 Å². The van der Waals surface area contributed by atoms with Crippen LogP contribution in [-0.2, 0) is 17.8 Å². The zero-order chi connectivity index (χ0) is 25.1. The summed E-state index contributed by atoms with van der Waals surface area (Å²) in [5.41, 5.74) is 6.19. The Labute approximate surface area is 206 Å². The molecule has 1 aromatic carbocycles. The van der Waals surface area contributed by atoms with E-state index in [4.69, 9.17) is 4.98 Å². The second-order valence-electron chi connectivity index (χ2n) is 9.22. The first kappa shape index (κ1) is 24.4. The molecular formula is C26H33N7O2. The van der Waals surface area contributed by atoms with Gasteiger partial charge in [-0.25, -0.2) is 9.97 Å². The summed E-state index contributed by atoms with van der Waals surface area (Å²) >= 11 is 0. The zero-order valence-electron chi connectivity index (χ0n) is 21.1. The average Bonchev–Trinajstić information content (AvgIpc) is 3.09. The number of hydrogen-bond donors (Lipinski definition) is 2. The molecule has 0 unspecified atom stereocenters. The van der Waals surface area contributed by atoms with Gasteiger partial charge in [0.15, 0.2) is 0 Å². The summed E-state index contributed by atoms with van der Waals surface area (Å²) in [4.78, 5) is 37.8. The normalized spacial score (nSPS) is 12.9. The van der Waals surface area contributed by atoms with Crippen molar-refractivity contribution in [3.05, 3.63) is 59.0 Å². The molecule has 0 aliphatic carbocycles. The van der Waals surface area contributed by atoms with Crippen LogP contribution in [0.3, 0.4) is 0 Å². The van der Waals surface area contributed by atoms with Crippen molar-refractivity contribution in [2.45, 2.75) is 26.8 Å². The first-order valence-corrected chi connectivity index (χ1v) is 11.8. The van der Waals surface area contributed by atoms with Gasteiger partial charge < -0.3 is 25.0 Å². The molecule has 2 N–H and O–H groups in total. The van der Waals surface area contributed by atoms with Gasteiger partial charge in [0.2, 0.25) is 11.9 Å². The van der Waals surface area contributed by atoms with E-state index in [2.05, 4.69) is 25.1 Å². The third-order valence-electron chi connectivity index (χ3n) is 6.39. The molecule has 3 heterocycles. The van der Waals surface area contributed by atoms with Crippen LogP contribution in [0.5, 0.6) is 0 Å². The van der Waals surface area contributed by atoms with E-state index < -0.39 is 0 Å². The van der Waals surface area contributed by atoms with Gasteiger partial charge in [-0.1, -0.05) is 12.1 Å². The summed E-state index contributed by atoms with van der Waals surface area (Å²) in [6.45, 7) is 6.91. The summed E-state index contributed by atoms with van der Waals surface area (Å²) in [6, 6.07) is 9.61. The maximum atomic E-state index is 12.5. The molecule has 0 saturated heterocycles. The Kier molecular flexibility index (Phi) is 7.16. The van der Waals surface area contributed by atoms with Gasteiger partial charge >= 0.3 is 0 Å². The highest BCUT2D eigenvalue weighted by atomic mass is 16.2. The molecular weight excluding hydrogens is 442 g/mol. The Morgan fingerprint density at radius 2 is 1.86 bits per heavy atom. The third-order valence-corrected chi connectivity index (χ3v) is 6.39. The molecule has 0 saturated carbocycles. The van der Waals surface area contributed by atoms with E-state index in [1.165, 1.54) is 0 Å². The number of benzene rings is 1. The van der Waals surface area contributed by atoms with Gasteiger partial charge in [0.1, 0.15) is 5.69 Å². The van der Waals surface area contributed by atoms with Crippen molar-refractivity contribution in [2.75, 3.05) is 46.1 Å². The maximum Gasteiger partial charge on any atom is 0.268 e. The van der Waals surface area contributed by atoms with Gasteiger partial charge in [-0.05, 0) is 57.3 Å². The molecule has 35 heavy (non-hydrogen) atoms. The lowest BCUT2D eigenvalue weighted by atomic mass is 10.1. The van der Waals surface area contributed by atoms with E-state index in [1.807, 2.05) is 65.3 Å². The van der Waals surface area contributed by atoms with Crippen LogP contribution in [0.15, 0.2) is 36.5 Å². The maximum absolute atomic E-state index is 12.5. The largest absolute Gasteiger partial charge is 0.349 e. The molecule has 3 aromatic rings. The number of hydrogen-bond acceptors (Lipinski definition) is 6. The number of nitrogens with one attached hydrogen (secondary N) is 2. The minimum Gasteiger partial charge on any atom is -0.349 e. The fourth-order valence-corrected chi connectivity index (χ4v) is 4.39. The Balaban J connectivity index is 1.46. The van der Waals surface area contributed by atoms with E-state index in [-0.39, 0.29) is 11.8 Å². The van der Waals surface area contributed by atoms with E-state index in [0.717, 1.165) is 46.9 Å². The molecule has 0 radical (unpaired) electrons. The predicted octanol–water partition coefficient (Wildman–Crippen LogP) is 2.61. The van der Waals surface area contributed by atoms with Gasteiger partial charge in [-0.3, -0.25) is 9.59 Å². The lowest BCUT2D eigenvalue weighted by molar-refractivity contribution is -0.129. The number of amides is 2. The molecule has 9 heteroatoms. The molecule has 184 valence electrons. The first-order chi connectivity index (χ1) is 16.7. The summed E-state index contributed by atoms with van der Waals surface area (Å²) in [5, 5.41) is 6.17. The van der Waals surface area contributed by atoms with E-state index in [9.17, 15) is 9.59 Å². The van der Waals surface area contributed by atoms with Crippen LogP contribution in [0.4, 0.5) is 11.6 Å². The van der Waals surface area contributed by atoms with Crippen LogP contribution in [0.2, 0.25) is 0 Å². The van der Waals surface area contributed by atoms with Crippen molar-refractivity contribution in [3.63, 3.8) is 0 Å². The summed E-state index contributed by atoms with van der Waals surface area (Å²) in [5.74, 6) is 0.526. The fraction of sp³-hybridized carbons (Fsp3) is 0.385. The second kappa shape index (κ2) is 10.3. The molecule has 2 aromatic heterocycles. The Bertz CT molecular complexity index is 1230. The van der Waals surface area contributed by atoms with Crippen LogP contribution in [-0.4, -0.2) is 76.9 Å². The predicted molar refractivity (Wildman–Crippen MR) is 137 cm³/mol. The van der Waals surface area contributed by atoms with E-state index in [1.54, 1.807) is 11.1 Å². The van der Waals surface area contributed by atoms with Gasteiger partial charge in [-0.2, -0.15) is 0 Å². The summed E-state index contributed by atoms with van der Waals surface area (Å²) in [7, 11) is 5.83. The van der Waals surface area contributed by atoms with Gasteiger partial charge in [0, 0.05) is 56.4 Å². The van der Waals surface area contributed by atoms with Crippen molar-refractivity contribution < 1.29 is 9.59 Å². The molecule has 0 bridgehead atoms.